The van der Waals surface area contributed by atoms with Crippen molar-refractivity contribution in [2.24, 2.45) is 29.6 Å². The third-order valence-corrected chi connectivity index (χ3v) is 12.6. The Morgan fingerprint density at radius 2 is 1.66 bits per heavy atom. The quantitative estimate of drug-likeness (QED) is 0.270. The van der Waals surface area contributed by atoms with Crippen molar-refractivity contribution < 1.29 is 72.5 Å². The Labute approximate surface area is 357 Å². The lowest BCUT2D eigenvalue weighted by Gasteiger charge is -2.37. The average molecular weight is 859 g/mol. The molecule has 330 valence electrons. The Hall–Kier alpha value is -6.04. The lowest BCUT2D eigenvalue weighted by molar-refractivity contribution is -0.160. The van der Waals surface area contributed by atoms with Gasteiger partial charge in [0.1, 0.15) is 29.0 Å². The first-order chi connectivity index (χ1) is 29.3. The van der Waals surface area contributed by atoms with E-state index in [2.05, 4.69) is 10.6 Å². The van der Waals surface area contributed by atoms with Gasteiger partial charge in [-0.2, -0.15) is 0 Å². The van der Waals surface area contributed by atoms with Gasteiger partial charge in [-0.25, -0.2) is 0 Å². The van der Waals surface area contributed by atoms with Crippen molar-refractivity contribution >= 4 is 35.0 Å². The van der Waals surface area contributed by atoms with Crippen LogP contribution >= 0.6 is 0 Å². The number of carbonyl (C=O) groups excluding carboxylic acids is 6. The Morgan fingerprint density at radius 3 is 2.35 bits per heavy atom. The predicted octanol–water partition coefficient (Wildman–Crippen LogP) is 3.49. The van der Waals surface area contributed by atoms with Crippen LogP contribution in [-0.2, 0) is 35.1 Å². The molecule has 17 heteroatoms. The maximum Gasteiger partial charge on any atom is 0.312 e. The van der Waals surface area contributed by atoms with E-state index in [1.54, 1.807) is 39.0 Å². The number of hydrogen-bond donors (Lipinski definition) is 5. The number of ketones is 4. The summed E-state index contributed by atoms with van der Waals surface area (Å²) >= 11 is 0. The van der Waals surface area contributed by atoms with Gasteiger partial charge in [-0.1, -0.05) is 26.8 Å². The van der Waals surface area contributed by atoms with Crippen molar-refractivity contribution in [3.63, 3.8) is 0 Å². The SMILES string of the molecule is CO[C@H]1/C=C/O[C@@]2(C)Oc3c(C)c(O)c4c(c3C2=O)C(=O)C(NCc2ccc3c(c2)OCO3)=C(NC(=O)/C(C)=C\C(=O)[C@@H]2C[C@@H]2[C@H](O)[C@@H](C)[C@@H](O)[C@@H](C)[C@H](OC(C)=O)[C@@H]1C)C4=O. The molecule has 2 aromatic rings. The molecule has 4 heterocycles. The highest BCUT2D eigenvalue weighted by Crippen LogP contribution is 2.49. The van der Waals surface area contributed by atoms with Crippen molar-refractivity contribution in [1.82, 2.24) is 10.6 Å². The normalized spacial score (nSPS) is 32.3. The van der Waals surface area contributed by atoms with Crippen molar-refractivity contribution in [2.45, 2.75) is 91.6 Å². The number of Topliss-reactive ketones (excluding diaryl/α,β-unsaturated/α-hetero) is 3. The molecule has 5 bridgehead atoms. The highest BCUT2D eigenvalue weighted by atomic mass is 16.7. The fraction of sp³-hybridized carbons (Fsp3) is 0.467. The molecule has 0 spiro atoms. The summed E-state index contributed by atoms with van der Waals surface area (Å²) in [7, 11) is 1.40. The van der Waals surface area contributed by atoms with Crippen LogP contribution in [0.5, 0.6) is 23.0 Å². The number of allylic oxidation sites excluding steroid dienone is 3. The summed E-state index contributed by atoms with van der Waals surface area (Å²) < 4.78 is 34.3. The molecule has 6 aliphatic rings. The van der Waals surface area contributed by atoms with Gasteiger partial charge in [-0.3, -0.25) is 28.8 Å². The van der Waals surface area contributed by atoms with E-state index in [1.165, 1.54) is 40.9 Å². The van der Waals surface area contributed by atoms with Gasteiger partial charge in [-0.05, 0) is 56.0 Å². The second-order valence-corrected chi connectivity index (χ2v) is 16.7. The monoisotopic (exact) mass is 858 g/mol. The molecule has 0 aromatic heterocycles. The van der Waals surface area contributed by atoms with Crippen LogP contribution < -0.4 is 24.8 Å². The molecule has 0 unspecified atom stereocenters. The Bertz CT molecular complexity index is 2370. The number of phenols is 1. The standard InChI is InChI=1S/C45H50N2O15/c1-18-13-27(49)25-15-26(25)37(51)20(3)36(50)21(4)41(61-23(6)48)19(2)28(57-8)11-12-60-45(7)43(55)33-31-32(38(52)22(5)42(33)62-45)40(54)35(47-44(18)56)34(39(31)53)46-16-24-9-10-29-30(14-24)59-17-58-29/h9-14,19-21,25-26,28,36-37,41,46,50-52H,15-17H2,1-8H3,(H,47,56)/b12-11+,18-13-/t19-,20+,21-,25-,26+,28+,36-,37-,41-,45+/m1/s1. The van der Waals surface area contributed by atoms with Gasteiger partial charge < -0.3 is 54.4 Å². The number of aliphatic hydroxyl groups excluding tert-OH is 2. The van der Waals surface area contributed by atoms with Crippen LogP contribution in [0.15, 0.2) is 53.6 Å². The summed E-state index contributed by atoms with van der Waals surface area (Å²) in [5.41, 5.74) is -1.94. The van der Waals surface area contributed by atoms with Gasteiger partial charge in [0.05, 0.1) is 41.3 Å². The van der Waals surface area contributed by atoms with E-state index in [1.807, 2.05) is 0 Å². The summed E-state index contributed by atoms with van der Waals surface area (Å²) in [5, 5.41) is 39.9. The number of aromatic hydroxyl groups is 1. The molecule has 4 aliphatic heterocycles. The predicted molar refractivity (Wildman–Crippen MR) is 216 cm³/mol. The number of benzene rings is 2. The molecule has 0 saturated heterocycles. The fourth-order valence-electron chi connectivity index (χ4n) is 8.75. The summed E-state index contributed by atoms with van der Waals surface area (Å²) in [4.78, 5) is 83.4. The topological polar surface area (TPSA) is 243 Å². The molecule has 0 radical (unpaired) electrons. The first-order valence-corrected chi connectivity index (χ1v) is 20.3. The number of aliphatic hydroxyl groups is 2. The van der Waals surface area contributed by atoms with E-state index in [0.29, 0.717) is 17.1 Å². The molecule has 62 heavy (non-hydrogen) atoms. The third kappa shape index (κ3) is 7.73. The molecule has 2 aromatic carbocycles. The number of methoxy groups -OCH3 is 1. The number of rotatable bonds is 5. The molecule has 2 aliphatic carbocycles. The number of carbonyl (C=O) groups is 6. The number of hydrogen-bond acceptors (Lipinski definition) is 16. The van der Waals surface area contributed by atoms with E-state index >= 15 is 0 Å². The van der Waals surface area contributed by atoms with Crippen molar-refractivity contribution in [2.75, 3.05) is 13.9 Å². The lowest BCUT2D eigenvalue weighted by Crippen LogP contribution is -2.46. The molecule has 8 rings (SSSR count). The van der Waals surface area contributed by atoms with Crippen molar-refractivity contribution in [3.05, 3.63) is 81.4 Å². The number of amides is 1. The van der Waals surface area contributed by atoms with Crippen molar-refractivity contribution in [3.8, 4) is 23.0 Å². The largest absolute Gasteiger partial charge is 0.507 e. The minimum Gasteiger partial charge on any atom is -0.507 e. The van der Waals surface area contributed by atoms with E-state index in [0.717, 1.165) is 12.3 Å². The zero-order valence-electron chi connectivity index (χ0n) is 35.5. The van der Waals surface area contributed by atoms with Gasteiger partial charge in [-0.15, -0.1) is 0 Å². The second-order valence-electron chi connectivity index (χ2n) is 16.7. The van der Waals surface area contributed by atoms with Crippen LogP contribution in [0.4, 0.5) is 0 Å². The molecular formula is C45H50N2O15. The van der Waals surface area contributed by atoms with Crippen LogP contribution in [0.1, 0.15) is 90.2 Å². The van der Waals surface area contributed by atoms with Gasteiger partial charge in [0.2, 0.25) is 18.4 Å². The second kappa shape index (κ2) is 16.7. The third-order valence-electron chi connectivity index (χ3n) is 12.6. The molecule has 5 N–H and O–H groups in total. The van der Waals surface area contributed by atoms with Gasteiger partial charge in [0.25, 0.3) is 11.7 Å². The smallest absolute Gasteiger partial charge is 0.312 e. The van der Waals surface area contributed by atoms with E-state index < -0.39 is 123 Å². The molecule has 1 fully saturated rings. The zero-order chi connectivity index (χ0) is 45.1. The molecule has 1 saturated carbocycles. The first-order valence-electron chi connectivity index (χ1n) is 20.3. The Balaban J connectivity index is 1.32. The molecule has 17 nitrogen and oxygen atoms in total. The summed E-state index contributed by atoms with van der Waals surface area (Å²) in [5.74, 6) is -10.4. The molecular weight excluding hydrogens is 808 g/mol. The Morgan fingerprint density at radius 1 is 0.952 bits per heavy atom. The minimum absolute atomic E-state index is 0.0153. The summed E-state index contributed by atoms with van der Waals surface area (Å²) in [6, 6.07) is 5.02. The molecule has 1 amide bonds. The number of ether oxygens (including phenoxy) is 6. The molecule has 10 atom stereocenters. The van der Waals surface area contributed by atoms with Crippen LogP contribution in [0, 0.1) is 36.5 Å². The number of phenolic OH excluding ortho intramolecular Hbond substituents is 1. The fourth-order valence-corrected chi connectivity index (χ4v) is 8.75. The summed E-state index contributed by atoms with van der Waals surface area (Å²) in [6.45, 7) is 10.2. The number of esters is 1. The van der Waals surface area contributed by atoms with Gasteiger partial charge >= 0.3 is 11.8 Å². The highest BCUT2D eigenvalue weighted by Gasteiger charge is 2.53. The van der Waals surface area contributed by atoms with Crippen LogP contribution in [0.2, 0.25) is 0 Å². The van der Waals surface area contributed by atoms with Crippen LogP contribution in [0.3, 0.4) is 0 Å². The average Bonchev–Trinajstić information content (AvgIpc) is 3.83. The van der Waals surface area contributed by atoms with Gasteiger partial charge in [0, 0.05) is 62.3 Å². The lowest BCUT2D eigenvalue weighted by atomic mass is 9.79. The van der Waals surface area contributed by atoms with E-state index in [9.17, 15) is 44.1 Å². The number of fused-ring (bicyclic) bond motifs is 13. The summed E-state index contributed by atoms with van der Waals surface area (Å²) in [6.07, 6.45) is -0.246. The van der Waals surface area contributed by atoms with Crippen LogP contribution in [0.25, 0.3) is 0 Å². The zero-order valence-corrected chi connectivity index (χ0v) is 35.5. The maximum absolute atomic E-state index is 14.8. The van der Waals surface area contributed by atoms with Crippen LogP contribution in [-0.4, -0.2) is 94.4 Å². The highest BCUT2D eigenvalue weighted by molar-refractivity contribution is 6.32. The number of nitrogens with one attached hydrogen (secondary N) is 2. The van der Waals surface area contributed by atoms with Crippen molar-refractivity contribution in [1.29, 1.82) is 0 Å². The van der Waals surface area contributed by atoms with E-state index in [-0.39, 0.29) is 42.2 Å². The van der Waals surface area contributed by atoms with Gasteiger partial charge in [0.15, 0.2) is 17.3 Å². The Kier molecular flexibility index (Phi) is 11.8. The van der Waals surface area contributed by atoms with E-state index in [4.69, 9.17) is 28.4 Å². The first kappa shape index (κ1) is 44.0. The minimum atomic E-state index is -2.14. The maximum atomic E-state index is 14.8.